The number of nitrogens with zero attached hydrogens (tertiary/aromatic N) is 2. The highest BCUT2D eigenvalue weighted by molar-refractivity contribution is 6.05. The van der Waals surface area contributed by atoms with E-state index in [-0.39, 0.29) is 23.6 Å². The fourth-order valence-electron chi connectivity index (χ4n) is 3.40. The highest BCUT2D eigenvalue weighted by atomic mass is 16.5. The first-order valence-corrected chi connectivity index (χ1v) is 10.8. The lowest BCUT2D eigenvalue weighted by molar-refractivity contribution is -0.121. The lowest BCUT2D eigenvalue weighted by Crippen LogP contribution is -2.43. The molecule has 0 aliphatic rings. The molecule has 1 heterocycles. The molecule has 3 aromatic rings. The highest BCUT2D eigenvalue weighted by Crippen LogP contribution is 2.15. The Labute approximate surface area is 186 Å². The summed E-state index contributed by atoms with van der Waals surface area (Å²) in [7, 11) is 1.59. The van der Waals surface area contributed by atoms with E-state index in [9.17, 15) is 14.4 Å². The number of nitrogens with one attached hydrogen (secondary N) is 2. The molecule has 0 aliphatic heterocycles. The van der Waals surface area contributed by atoms with Crippen LogP contribution in [0.4, 0.5) is 0 Å². The predicted molar refractivity (Wildman–Crippen MR) is 122 cm³/mol. The number of ether oxygens (including phenoxy) is 1. The number of methoxy groups -OCH3 is 1. The van der Waals surface area contributed by atoms with Gasteiger partial charge in [-0.15, -0.1) is 0 Å². The van der Waals surface area contributed by atoms with E-state index in [4.69, 9.17) is 4.74 Å². The number of aromatic nitrogens is 2. The Morgan fingerprint density at radius 1 is 1.03 bits per heavy atom. The molecule has 0 radical (unpaired) electrons. The normalized spacial score (nSPS) is 10.7. The Morgan fingerprint density at radius 2 is 1.81 bits per heavy atom. The van der Waals surface area contributed by atoms with Crippen molar-refractivity contribution in [1.29, 1.82) is 0 Å². The van der Waals surface area contributed by atoms with E-state index in [1.54, 1.807) is 31.4 Å². The smallest absolute Gasteiger partial charge is 0.290 e. The van der Waals surface area contributed by atoms with Crippen molar-refractivity contribution in [3.05, 3.63) is 70.1 Å². The van der Waals surface area contributed by atoms with E-state index >= 15 is 0 Å². The number of amides is 2. The number of fused-ring (bicyclic) bond motifs is 1. The van der Waals surface area contributed by atoms with Crippen molar-refractivity contribution in [3.63, 3.8) is 0 Å². The number of hydrogen-bond acceptors (Lipinski definition) is 5. The van der Waals surface area contributed by atoms with Crippen LogP contribution in [-0.4, -0.2) is 28.7 Å². The van der Waals surface area contributed by atoms with Gasteiger partial charge in [-0.25, -0.2) is 4.68 Å². The van der Waals surface area contributed by atoms with E-state index in [0.29, 0.717) is 23.7 Å². The van der Waals surface area contributed by atoms with Gasteiger partial charge in [0.1, 0.15) is 5.75 Å². The van der Waals surface area contributed by atoms with Gasteiger partial charge in [0.2, 0.25) is 5.91 Å². The second-order valence-electron chi connectivity index (χ2n) is 7.48. The Kier molecular flexibility index (Phi) is 7.96. The molecule has 2 N–H and O–H groups in total. The van der Waals surface area contributed by atoms with Crippen LogP contribution in [0.1, 0.15) is 48.7 Å². The van der Waals surface area contributed by atoms with Gasteiger partial charge in [-0.2, -0.15) is 5.10 Å². The fraction of sp³-hybridized carbons (Fsp3) is 0.333. The van der Waals surface area contributed by atoms with E-state index < -0.39 is 5.91 Å². The van der Waals surface area contributed by atoms with Crippen LogP contribution in [0.25, 0.3) is 10.8 Å². The summed E-state index contributed by atoms with van der Waals surface area (Å²) in [5, 5.41) is 5.17. The van der Waals surface area contributed by atoms with Crippen LogP contribution in [0.15, 0.2) is 53.3 Å². The van der Waals surface area contributed by atoms with E-state index in [0.717, 1.165) is 30.6 Å². The van der Waals surface area contributed by atoms with Crippen molar-refractivity contribution < 1.29 is 14.3 Å². The number of benzene rings is 2. The third kappa shape index (κ3) is 5.72. The minimum atomic E-state index is -0.569. The molecule has 0 spiro atoms. The van der Waals surface area contributed by atoms with Crippen LogP contribution in [-0.2, 0) is 17.8 Å². The lowest BCUT2D eigenvalue weighted by atomic mass is 10.1. The molecule has 3 rings (SSSR count). The van der Waals surface area contributed by atoms with Crippen LogP contribution in [0.3, 0.4) is 0 Å². The molecule has 0 saturated carbocycles. The molecule has 32 heavy (non-hydrogen) atoms. The number of unbranched alkanes of at least 4 members (excludes halogenated alkanes) is 2. The first-order chi connectivity index (χ1) is 15.5. The van der Waals surface area contributed by atoms with Gasteiger partial charge in [0, 0.05) is 18.4 Å². The van der Waals surface area contributed by atoms with Gasteiger partial charge in [-0.3, -0.25) is 25.2 Å². The SMILES string of the molecule is CCCCCn1nc(C(=O)NNC(=O)CCc2cccc(OC)c2)c2ccccc2c1=O. The van der Waals surface area contributed by atoms with E-state index in [2.05, 4.69) is 22.9 Å². The third-order valence-corrected chi connectivity index (χ3v) is 5.15. The molecule has 0 bridgehead atoms. The summed E-state index contributed by atoms with van der Waals surface area (Å²) < 4.78 is 6.52. The second kappa shape index (κ2) is 11.1. The van der Waals surface area contributed by atoms with Crippen molar-refractivity contribution in [2.24, 2.45) is 0 Å². The first kappa shape index (κ1) is 23.0. The molecule has 8 nitrogen and oxygen atoms in total. The van der Waals surface area contributed by atoms with Crippen molar-refractivity contribution in [3.8, 4) is 5.75 Å². The standard InChI is InChI=1S/C24H28N4O4/c1-3-4-7-15-28-24(31)20-12-6-5-11-19(20)22(27-28)23(30)26-25-21(29)14-13-17-9-8-10-18(16-17)32-2/h5-6,8-12,16H,3-4,7,13-15H2,1-2H3,(H,25,29)(H,26,30). The predicted octanol–water partition coefficient (Wildman–Crippen LogP) is 2.99. The van der Waals surface area contributed by atoms with Gasteiger partial charge >= 0.3 is 0 Å². The maximum Gasteiger partial charge on any atom is 0.290 e. The summed E-state index contributed by atoms with van der Waals surface area (Å²) in [6.07, 6.45) is 3.47. The summed E-state index contributed by atoms with van der Waals surface area (Å²) in [5.41, 5.74) is 5.69. The Morgan fingerprint density at radius 3 is 2.56 bits per heavy atom. The summed E-state index contributed by atoms with van der Waals surface area (Å²) in [4.78, 5) is 37.7. The Balaban J connectivity index is 1.68. The number of carbonyl (C=O) groups excluding carboxylic acids is 2. The molecule has 0 saturated heterocycles. The van der Waals surface area contributed by atoms with E-state index in [1.165, 1.54) is 4.68 Å². The highest BCUT2D eigenvalue weighted by Gasteiger charge is 2.17. The van der Waals surface area contributed by atoms with Gasteiger partial charge in [-0.05, 0) is 36.6 Å². The molecule has 2 amide bonds. The Hall–Kier alpha value is -3.68. The van der Waals surface area contributed by atoms with Crippen molar-refractivity contribution in [2.45, 2.75) is 45.6 Å². The third-order valence-electron chi connectivity index (χ3n) is 5.15. The molecule has 8 heteroatoms. The number of aryl methyl sites for hydroxylation is 2. The van der Waals surface area contributed by atoms with Crippen molar-refractivity contribution in [1.82, 2.24) is 20.6 Å². The van der Waals surface area contributed by atoms with E-state index in [1.807, 2.05) is 24.3 Å². The van der Waals surface area contributed by atoms with Crippen LogP contribution in [0, 0.1) is 0 Å². The van der Waals surface area contributed by atoms with Crippen LogP contribution < -0.4 is 21.1 Å². The van der Waals surface area contributed by atoms with Crippen LogP contribution in [0.2, 0.25) is 0 Å². The number of carbonyl (C=O) groups is 2. The second-order valence-corrected chi connectivity index (χ2v) is 7.48. The first-order valence-electron chi connectivity index (χ1n) is 10.8. The summed E-state index contributed by atoms with van der Waals surface area (Å²) in [6, 6.07) is 14.3. The lowest BCUT2D eigenvalue weighted by Gasteiger charge is -2.12. The number of hydrazine groups is 1. The quantitative estimate of drug-likeness (QED) is 0.397. The van der Waals surface area contributed by atoms with Gasteiger partial charge in [0.05, 0.1) is 12.5 Å². The number of rotatable bonds is 9. The molecule has 0 fully saturated rings. The minimum Gasteiger partial charge on any atom is -0.497 e. The van der Waals surface area contributed by atoms with Crippen molar-refractivity contribution in [2.75, 3.05) is 7.11 Å². The average Bonchev–Trinajstić information content (AvgIpc) is 2.83. The summed E-state index contributed by atoms with van der Waals surface area (Å²) in [6.45, 7) is 2.51. The van der Waals surface area contributed by atoms with Crippen LogP contribution >= 0.6 is 0 Å². The minimum absolute atomic E-state index is 0.102. The molecule has 1 aromatic heterocycles. The summed E-state index contributed by atoms with van der Waals surface area (Å²) >= 11 is 0. The maximum absolute atomic E-state index is 12.8. The molecular weight excluding hydrogens is 408 g/mol. The fourth-order valence-corrected chi connectivity index (χ4v) is 3.40. The zero-order chi connectivity index (χ0) is 22.9. The molecule has 0 unspecified atom stereocenters. The average molecular weight is 437 g/mol. The monoisotopic (exact) mass is 436 g/mol. The topological polar surface area (TPSA) is 102 Å². The zero-order valence-electron chi connectivity index (χ0n) is 18.4. The van der Waals surface area contributed by atoms with Crippen LogP contribution in [0.5, 0.6) is 5.75 Å². The van der Waals surface area contributed by atoms with Gasteiger partial charge in [0.25, 0.3) is 11.5 Å². The van der Waals surface area contributed by atoms with Gasteiger partial charge < -0.3 is 4.74 Å². The molecular formula is C24H28N4O4. The Bertz CT molecular complexity index is 1160. The molecule has 2 aromatic carbocycles. The van der Waals surface area contributed by atoms with Crippen molar-refractivity contribution >= 4 is 22.6 Å². The number of hydrogen-bond donors (Lipinski definition) is 2. The maximum atomic E-state index is 12.8. The summed E-state index contributed by atoms with van der Waals surface area (Å²) in [5.74, 6) is -0.176. The van der Waals surface area contributed by atoms with Gasteiger partial charge in [-0.1, -0.05) is 50.1 Å². The van der Waals surface area contributed by atoms with Gasteiger partial charge in [0.15, 0.2) is 5.69 Å². The zero-order valence-corrected chi connectivity index (χ0v) is 18.4. The molecule has 0 aliphatic carbocycles. The largest absolute Gasteiger partial charge is 0.497 e. The molecule has 168 valence electrons. The molecule has 0 atom stereocenters.